The smallest absolute Gasteiger partial charge is 0.161 e. The molecule has 1 N–H and O–H groups in total. The van der Waals surface area contributed by atoms with Crippen LogP contribution >= 0.6 is 0 Å². The zero-order valence-corrected chi connectivity index (χ0v) is 12.5. The van der Waals surface area contributed by atoms with E-state index in [4.69, 9.17) is 14.2 Å². The predicted octanol–water partition coefficient (Wildman–Crippen LogP) is 3.56. The van der Waals surface area contributed by atoms with Crippen molar-refractivity contribution in [2.75, 3.05) is 26.1 Å². The molecule has 0 bridgehead atoms. The molecule has 0 spiro atoms. The number of aryl methyl sites for hydroxylation is 1. The largest absolute Gasteiger partial charge is 0.493 e. The molecule has 1 aliphatic rings. The number of rotatable bonds is 3. The molecule has 2 aromatic rings. The van der Waals surface area contributed by atoms with Gasteiger partial charge in [-0.2, -0.15) is 0 Å². The number of fused-ring (bicyclic) bond motifs is 1. The van der Waals surface area contributed by atoms with Crippen LogP contribution in [-0.2, 0) is 0 Å². The fraction of sp³-hybridized carbons (Fsp3) is 0.294. The second-order valence-corrected chi connectivity index (χ2v) is 5.10. The van der Waals surface area contributed by atoms with Crippen LogP contribution in [0.5, 0.6) is 17.2 Å². The molecular weight excluding hydrogens is 266 g/mol. The number of hydrogen-bond donors (Lipinski definition) is 1. The summed E-state index contributed by atoms with van der Waals surface area (Å²) in [4.78, 5) is 0. The maximum Gasteiger partial charge on any atom is 0.161 e. The second-order valence-electron chi connectivity index (χ2n) is 5.10. The third-order valence-corrected chi connectivity index (χ3v) is 3.66. The molecule has 3 rings (SSSR count). The van der Waals surface area contributed by atoms with Crippen LogP contribution in [0.25, 0.3) is 0 Å². The van der Waals surface area contributed by atoms with E-state index in [1.807, 2.05) is 24.3 Å². The van der Waals surface area contributed by atoms with Crippen LogP contribution in [0.2, 0.25) is 0 Å². The van der Waals surface area contributed by atoms with Crippen LogP contribution in [0.4, 0.5) is 5.69 Å². The minimum atomic E-state index is -0.0417. The van der Waals surface area contributed by atoms with Gasteiger partial charge in [0.05, 0.1) is 26.5 Å². The summed E-state index contributed by atoms with van der Waals surface area (Å²) in [5.41, 5.74) is 3.33. The van der Waals surface area contributed by atoms with E-state index in [9.17, 15) is 0 Å². The normalized spacial score (nSPS) is 16.4. The Hall–Kier alpha value is -2.36. The van der Waals surface area contributed by atoms with E-state index >= 15 is 0 Å². The van der Waals surface area contributed by atoms with Crippen molar-refractivity contribution >= 4 is 5.69 Å². The number of hydrogen-bond acceptors (Lipinski definition) is 4. The highest BCUT2D eigenvalue weighted by atomic mass is 16.5. The summed E-state index contributed by atoms with van der Waals surface area (Å²) in [6.45, 7) is 2.80. The van der Waals surface area contributed by atoms with Crippen LogP contribution in [0.1, 0.15) is 17.2 Å². The van der Waals surface area contributed by atoms with E-state index < -0.39 is 0 Å². The Labute approximate surface area is 124 Å². The van der Waals surface area contributed by atoms with E-state index in [0.29, 0.717) is 5.75 Å². The maximum absolute atomic E-state index is 6.09. The third kappa shape index (κ3) is 2.61. The molecule has 0 aliphatic carbocycles. The van der Waals surface area contributed by atoms with Crippen molar-refractivity contribution in [2.45, 2.75) is 13.0 Å². The first-order valence-corrected chi connectivity index (χ1v) is 6.94. The van der Waals surface area contributed by atoms with Crippen molar-refractivity contribution in [3.63, 3.8) is 0 Å². The Morgan fingerprint density at radius 2 is 1.86 bits per heavy atom. The Bertz CT molecular complexity index is 654. The first-order valence-electron chi connectivity index (χ1n) is 6.94. The average Bonchev–Trinajstić information content (AvgIpc) is 2.53. The van der Waals surface area contributed by atoms with Crippen molar-refractivity contribution in [3.8, 4) is 17.2 Å². The Morgan fingerprint density at radius 3 is 2.62 bits per heavy atom. The lowest BCUT2D eigenvalue weighted by molar-refractivity contribution is 0.209. The van der Waals surface area contributed by atoms with Gasteiger partial charge in [0.25, 0.3) is 0 Å². The maximum atomic E-state index is 6.09. The van der Waals surface area contributed by atoms with Crippen LogP contribution in [0.15, 0.2) is 36.4 Å². The number of nitrogens with one attached hydrogen (secondary N) is 1. The average molecular weight is 285 g/mol. The monoisotopic (exact) mass is 285 g/mol. The van der Waals surface area contributed by atoms with Crippen LogP contribution < -0.4 is 19.5 Å². The first-order chi connectivity index (χ1) is 10.2. The summed E-state index contributed by atoms with van der Waals surface area (Å²) in [5.74, 6) is 2.32. The molecule has 4 heteroatoms. The lowest BCUT2D eigenvalue weighted by Gasteiger charge is -2.28. The van der Waals surface area contributed by atoms with E-state index in [1.54, 1.807) is 14.2 Å². The molecular formula is C17H19NO3. The van der Waals surface area contributed by atoms with E-state index in [-0.39, 0.29) is 6.10 Å². The summed E-state index contributed by atoms with van der Waals surface area (Å²) in [6.07, 6.45) is -0.0417. The second kappa shape index (κ2) is 5.56. The highest BCUT2D eigenvalue weighted by Crippen LogP contribution is 2.37. The molecule has 0 fully saturated rings. The van der Waals surface area contributed by atoms with Gasteiger partial charge >= 0.3 is 0 Å². The van der Waals surface area contributed by atoms with Crippen molar-refractivity contribution < 1.29 is 14.2 Å². The minimum absolute atomic E-state index is 0.0417. The van der Waals surface area contributed by atoms with Crippen LogP contribution in [0, 0.1) is 6.92 Å². The summed E-state index contributed by atoms with van der Waals surface area (Å²) in [5, 5.41) is 3.42. The van der Waals surface area contributed by atoms with Crippen molar-refractivity contribution in [3.05, 3.63) is 47.5 Å². The van der Waals surface area contributed by atoms with E-state index in [2.05, 4.69) is 24.4 Å². The molecule has 0 saturated carbocycles. The predicted molar refractivity (Wildman–Crippen MR) is 82.6 cm³/mol. The Morgan fingerprint density at radius 1 is 1.05 bits per heavy atom. The van der Waals surface area contributed by atoms with Crippen LogP contribution in [-0.4, -0.2) is 20.8 Å². The molecule has 1 heterocycles. The van der Waals surface area contributed by atoms with Gasteiger partial charge in [0.15, 0.2) is 11.5 Å². The van der Waals surface area contributed by atoms with Gasteiger partial charge in [-0.1, -0.05) is 12.1 Å². The number of benzene rings is 2. The summed E-state index contributed by atoms with van der Waals surface area (Å²) >= 11 is 0. The number of anilines is 1. The van der Waals surface area contributed by atoms with E-state index in [0.717, 1.165) is 29.3 Å². The fourth-order valence-corrected chi connectivity index (χ4v) is 2.52. The molecule has 1 unspecified atom stereocenters. The molecule has 2 aromatic carbocycles. The van der Waals surface area contributed by atoms with Gasteiger partial charge in [-0.15, -0.1) is 0 Å². The van der Waals surface area contributed by atoms with Crippen molar-refractivity contribution in [1.29, 1.82) is 0 Å². The Kier molecular flexibility index (Phi) is 3.60. The lowest BCUT2D eigenvalue weighted by atomic mass is 10.1. The van der Waals surface area contributed by atoms with Gasteiger partial charge in [0, 0.05) is 0 Å². The SMILES string of the molecule is COc1ccc(C2CNc3cc(C)ccc3O2)cc1OC. The Balaban J connectivity index is 1.87. The summed E-state index contributed by atoms with van der Waals surface area (Å²) < 4.78 is 16.7. The summed E-state index contributed by atoms with van der Waals surface area (Å²) in [6, 6.07) is 12.0. The fourth-order valence-electron chi connectivity index (χ4n) is 2.52. The van der Waals surface area contributed by atoms with Gasteiger partial charge in [-0.25, -0.2) is 0 Å². The zero-order chi connectivity index (χ0) is 14.8. The van der Waals surface area contributed by atoms with E-state index in [1.165, 1.54) is 5.56 Å². The lowest BCUT2D eigenvalue weighted by Crippen LogP contribution is -2.23. The number of ether oxygens (including phenoxy) is 3. The van der Waals surface area contributed by atoms with Crippen molar-refractivity contribution in [1.82, 2.24) is 0 Å². The minimum Gasteiger partial charge on any atom is -0.493 e. The molecule has 0 amide bonds. The standard InChI is InChI=1S/C17H19NO3/c1-11-4-6-14-13(8-11)18-10-17(21-14)12-5-7-15(19-2)16(9-12)20-3/h4-9,17-18H,10H2,1-3H3. The zero-order valence-electron chi connectivity index (χ0n) is 12.5. The first kappa shape index (κ1) is 13.6. The molecule has 110 valence electrons. The molecule has 21 heavy (non-hydrogen) atoms. The van der Waals surface area contributed by atoms with Gasteiger partial charge in [0.2, 0.25) is 0 Å². The summed E-state index contributed by atoms with van der Waals surface area (Å²) in [7, 11) is 3.27. The topological polar surface area (TPSA) is 39.7 Å². The van der Waals surface area contributed by atoms with Crippen LogP contribution in [0.3, 0.4) is 0 Å². The van der Waals surface area contributed by atoms with Gasteiger partial charge < -0.3 is 19.5 Å². The van der Waals surface area contributed by atoms with Gasteiger partial charge in [0.1, 0.15) is 11.9 Å². The van der Waals surface area contributed by atoms with Crippen molar-refractivity contribution in [2.24, 2.45) is 0 Å². The number of methoxy groups -OCH3 is 2. The molecule has 0 aromatic heterocycles. The molecule has 0 radical (unpaired) electrons. The molecule has 1 aliphatic heterocycles. The molecule has 1 atom stereocenters. The third-order valence-electron chi connectivity index (χ3n) is 3.66. The highest BCUT2D eigenvalue weighted by molar-refractivity contribution is 5.60. The van der Waals surface area contributed by atoms with Gasteiger partial charge in [-0.05, 0) is 42.3 Å². The molecule has 0 saturated heterocycles. The van der Waals surface area contributed by atoms with Gasteiger partial charge in [-0.3, -0.25) is 0 Å². The highest BCUT2D eigenvalue weighted by Gasteiger charge is 2.22. The quantitative estimate of drug-likeness (QED) is 0.936. The molecule has 4 nitrogen and oxygen atoms in total.